The lowest BCUT2D eigenvalue weighted by Crippen LogP contribution is -2.00. The molecule has 234 valence electrons. The molecule has 0 radical (unpaired) electrons. The Kier molecular flexibility index (Phi) is 7.49. The summed E-state index contributed by atoms with van der Waals surface area (Å²) in [5.41, 5.74) is 10.1. The summed E-state index contributed by atoms with van der Waals surface area (Å²) in [6.07, 6.45) is 0. The lowest BCUT2D eigenvalue weighted by Gasteiger charge is -2.10. The molecule has 0 fully saturated rings. The van der Waals surface area contributed by atoms with Crippen LogP contribution in [0.25, 0.3) is 89.1 Å². The lowest BCUT2D eigenvalue weighted by atomic mass is 9.96. The third-order valence-corrected chi connectivity index (χ3v) is 9.32. The van der Waals surface area contributed by atoms with Crippen molar-refractivity contribution in [2.45, 2.75) is 0 Å². The molecule has 0 saturated carbocycles. The van der Waals surface area contributed by atoms with Gasteiger partial charge in [-0.25, -0.2) is 15.0 Å². The Morgan fingerprint density at radius 3 is 1.02 bits per heavy atom. The number of nitrogens with zero attached hydrogens (tertiary/aromatic N) is 3. The lowest BCUT2D eigenvalue weighted by molar-refractivity contribution is 1.08. The van der Waals surface area contributed by atoms with Crippen LogP contribution in [0.5, 0.6) is 0 Å². The highest BCUT2D eigenvalue weighted by molar-refractivity contribution is 5.91. The zero-order valence-corrected chi connectivity index (χ0v) is 27.2. The molecule has 0 amide bonds. The quantitative estimate of drug-likeness (QED) is 0.182. The summed E-state index contributed by atoms with van der Waals surface area (Å²) < 4.78 is 0. The largest absolute Gasteiger partial charge is 0.208 e. The van der Waals surface area contributed by atoms with E-state index in [0.29, 0.717) is 17.5 Å². The average molecular weight is 638 g/mol. The second kappa shape index (κ2) is 12.7. The number of rotatable bonds is 6. The monoisotopic (exact) mass is 637 g/mol. The van der Waals surface area contributed by atoms with Crippen molar-refractivity contribution in [1.29, 1.82) is 0 Å². The molecule has 9 aromatic rings. The summed E-state index contributed by atoms with van der Waals surface area (Å²) in [4.78, 5) is 14.9. The van der Waals surface area contributed by atoms with Gasteiger partial charge in [-0.3, -0.25) is 0 Å². The minimum absolute atomic E-state index is 0.653. The van der Waals surface area contributed by atoms with E-state index in [1.165, 1.54) is 44.2 Å². The van der Waals surface area contributed by atoms with Crippen molar-refractivity contribution in [3.05, 3.63) is 188 Å². The van der Waals surface area contributed by atoms with Crippen LogP contribution >= 0.6 is 0 Å². The third-order valence-electron chi connectivity index (χ3n) is 9.32. The van der Waals surface area contributed by atoms with E-state index in [1.807, 2.05) is 36.4 Å². The Balaban J connectivity index is 1.02. The number of aromatic nitrogens is 3. The molecule has 0 aliphatic rings. The molecule has 3 nitrogen and oxygen atoms in total. The molecule has 0 spiro atoms. The highest BCUT2D eigenvalue weighted by Crippen LogP contribution is 2.32. The van der Waals surface area contributed by atoms with Crippen molar-refractivity contribution in [2.24, 2.45) is 0 Å². The van der Waals surface area contributed by atoms with E-state index in [0.717, 1.165) is 27.5 Å². The van der Waals surface area contributed by atoms with Gasteiger partial charge >= 0.3 is 0 Å². The zero-order chi connectivity index (χ0) is 33.3. The van der Waals surface area contributed by atoms with Gasteiger partial charge in [-0.05, 0) is 73.1 Å². The van der Waals surface area contributed by atoms with E-state index in [1.54, 1.807) is 0 Å². The molecule has 0 bridgehead atoms. The van der Waals surface area contributed by atoms with Crippen LogP contribution in [0.15, 0.2) is 188 Å². The summed E-state index contributed by atoms with van der Waals surface area (Å²) in [6, 6.07) is 66.0. The van der Waals surface area contributed by atoms with Crippen molar-refractivity contribution in [3.8, 4) is 67.5 Å². The van der Waals surface area contributed by atoms with Crippen molar-refractivity contribution < 1.29 is 0 Å². The molecule has 0 atom stereocenters. The first-order chi connectivity index (χ1) is 24.7. The third kappa shape index (κ3) is 5.82. The molecular weight excluding hydrogens is 607 g/mol. The molecule has 0 N–H and O–H groups in total. The minimum atomic E-state index is 0.653. The van der Waals surface area contributed by atoms with E-state index >= 15 is 0 Å². The van der Waals surface area contributed by atoms with Gasteiger partial charge in [-0.15, -0.1) is 0 Å². The van der Waals surface area contributed by atoms with Gasteiger partial charge in [0.2, 0.25) is 0 Å². The molecule has 1 heterocycles. The minimum Gasteiger partial charge on any atom is -0.208 e. The molecule has 0 aliphatic carbocycles. The summed E-state index contributed by atoms with van der Waals surface area (Å²) in [7, 11) is 0. The predicted octanol–water partition coefficient (Wildman–Crippen LogP) is 12.2. The van der Waals surface area contributed by atoms with Crippen LogP contribution in [0.3, 0.4) is 0 Å². The molecule has 9 rings (SSSR count). The maximum absolute atomic E-state index is 5.01. The SMILES string of the molecule is c1ccc(-c2ccc(-c3ccc(-c4ccc5cc(-c6nc(-c7ccccc7)nc(-c7ccc8ccccc8c7)n6)ccc5c4)cc3)cc2)cc1. The van der Waals surface area contributed by atoms with Crippen LogP contribution in [0.1, 0.15) is 0 Å². The second-order valence-corrected chi connectivity index (χ2v) is 12.5. The maximum Gasteiger partial charge on any atom is 0.164 e. The van der Waals surface area contributed by atoms with Gasteiger partial charge in [0, 0.05) is 16.7 Å². The fourth-order valence-electron chi connectivity index (χ4n) is 6.58. The first-order valence-corrected chi connectivity index (χ1v) is 16.8. The van der Waals surface area contributed by atoms with E-state index in [4.69, 9.17) is 15.0 Å². The zero-order valence-electron chi connectivity index (χ0n) is 27.2. The Morgan fingerprint density at radius 1 is 0.200 bits per heavy atom. The highest BCUT2D eigenvalue weighted by Gasteiger charge is 2.13. The molecule has 0 saturated heterocycles. The summed E-state index contributed by atoms with van der Waals surface area (Å²) in [5, 5.41) is 4.64. The molecule has 0 unspecified atom stereocenters. The predicted molar refractivity (Wildman–Crippen MR) is 207 cm³/mol. The highest BCUT2D eigenvalue weighted by atomic mass is 15.0. The van der Waals surface area contributed by atoms with Gasteiger partial charge < -0.3 is 0 Å². The molecule has 0 aliphatic heterocycles. The van der Waals surface area contributed by atoms with Gasteiger partial charge in [-0.2, -0.15) is 0 Å². The first-order valence-electron chi connectivity index (χ1n) is 16.8. The van der Waals surface area contributed by atoms with Crippen molar-refractivity contribution >= 4 is 21.5 Å². The van der Waals surface area contributed by atoms with E-state index < -0.39 is 0 Å². The van der Waals surface area contributed by atoms with Gasteiger partial charge in [0.25, 0.3) is 0 Å². The smallest absolute Gasteiger partial charge is 0.164 e. The summed E-state index contributed by atoms with van der Waals surface area (Å²) in [6.45, 7) is 0. The van der Waals surface area contributed by atoms with Crippen LogP contribution < -0.4 is 0 Å². The van der Waals surface area contributed by atoms with Crippen molar-refractivity contribution in [3.63, 3.8) is 0 Å². The van der Waals surface area contributed by atoms with Crippen molar-refractivity contribution in [1.82, 2.24) is 15.0 Å². The molecule has 1 aromatic heterocycles. The van der Waals surface area contributed by atoms with Crippen LogP contribution in [-0.4, -0.2) is 15.0 Å². The fraction of sp³-hybridized carbons (Fsp3) is 0. The standard InChI is InChI=1S/C47H31N3/c1-3-9-32(10-4-1)34-15-17-35(18-16-34)36-19-21-37(22-20-36)40-24-25-42-31-44(28-26-41(42)29-40)47-49-45(38-12-5-2-6-13-38)48-46(50-47)43-27-23-33-11-7-8-14-39(33)30-43/h1-31H. The van der Waals surface area contributed by atoms with Crippen LogP contribution in [0.4, 0.5) is 0 Å². The van der Waals surface area contributed by atoms with Gasteiger partial charge in [0.1, 0.15) is 0 Å². The molecule has 3 heteroatoms. The fourth-order valence-corrected chi connectivity index (χ4v) is 6.58. The van der Waals surface area contributed by atoms with Gasteiger partial charge in [-0.1, -0.05) is 170 Å². The molecule has 8 aromatic carbocycles. The van der Waals surface area contributed by atoms with Crippen LogP contribution in [0, 0.1) is 0 Å². The van der Waals surface area contributed by atoms with Crippen LogP contribution in [0.2, 0.25) is 0 Å². The van der Waals surface area contributed by atoms with E-state index in [2.05, 4.69) is 152 Å². The Morgan fingerprint density at radius 2 is 0.500 bits per heavy atom. The average Bonchev–Trinajstić information content (AvgIpc) is 3.21. The normalized spacial score (nSPS) is 11.2. The maximum atomic E-state index is 5.01. The topological polar surface area (TPSA) is 38.7 Å². The Bertz CT molecular complexity index is 2610. The van der Waals surface area contributed by atoms with E-state index in [9.17, 15) is 0 Å². The Hall–Kier alpha value is -6.71. The van der Waals surface area contributed by atoms with Crippen LogP contribution in [-0.2, 0) is 0 Å². The molecule has 50 heavy (non-hydrogen) atoms. The number of benzene rings is 8. The van der Waals surface area contributed by atoms with Gasteiger partial charge in [0.15, 0.2) is 17.5 Å². The number of hydrogen-bond donors (Lipinski definition) is 0. The van der Waals surface area contributed by atoms with E-state index in [-0.39, 0.29) is 0 Å². The van der Waals surface area contributed by atoms with Gasteiger partial charge in [0.05, 0.1) is 0 Å². The van der Waals surface area contributed by atoms with Crippen molar-refractivity contribution in [2.75, 3.05) is 0 Å². The summed E-state index contributed by atoms with van der Waals surface area (Å²) in [5.74, 6) is 1.97. The Labute approximate surface area is 291 Å². The first kappa shape index (κ1) is 29.4. The second-order valence-electron chi connectivity index (χ2n) is 12.5. The summed E-state index contributed by atoms with van der Waals surface area (Å²) >= 11 is 0. The number of fused-ring (bicyclic) bond motifs is 2. The molecular formula is C47H31N3. The number of hydrogen-bond acceptors (Lipinski definition) is 3.